The van der Waals surface area contributed by atoms with E-state index in [1.54, 1.807) is 0 Å². The zero-order valence-electron chi connectivity index (χ0n) is 10.2. The number of hydrogen-bond acceptors (Lipinski definition) is 1. The quantitative estimate of drug-likeness (QED) is 0.822. The summed E-state index contributed by atoms with van der Waals surface area (Å²) in [5, 5.41) is 3.59. The van der Waals surface area contributed by atoms with Gasteiger partial charge in [0.1, 0.15) is 0 Å². The first-order valence-electron chi connectivity index (χ1n) is 6.76. The lowest BCUT2D eigenvalue weighted by Crippen LogP contribution is -2.42. The summed E-state index contributed by atoms with van der Waals surface area (Å²) < 4.78 is 1.22. The van der Waals surface area contributed by atoms with Crippen LogP contribution in [0.5, 0.6) is 0 Å². The van der Waals surface area contributed by atoms with Gasteiger partial charge in [0.15, 0.2) is 0 Å². The Bertz CT molecular complexity index is 396. The molecule has 2 heteroatoms. The van der Waals surface area contributed by atoms with Crippen LogP contribution in [0, 0.1) is 5.41 Å². The van der Waals surface area contributed by atoms with Gasteiger partial charge < -0.3 is 5.32 Å². The molecule has 0 bridgehead atoms. The molecule has 17 heavy (non-hydrogen) atoms. The predicted octanol–water partition coefficient (Wildman–Crippen LogP) is 4.09. The Morgan fingerprint density at radius 2 is 2.00 bits per heavy atom. The molecule has 1 aliphatic carbocycles. The number of piperidine rings is 1. The largest absolute Gasteiger partial charge is 0.316 e. The Morgan fingerprint density at radius 3 is 2.76 bits per heavy atom. The van der Waals surface area contributed by atoms with Gasteiger partial charge in [0, 0.05) is 16.9 Å². The first-order chi connectivity index (χ1) is 8.30. The minimum atomic E-state index is 0.603. The number of nitrogens with one attached hydrogen (secondary N) is 1. The summed E-state index contributed by atoms with van der Waals surface area (Å²) in [5.74, 6) is 0.719. The fourth-order valence-corrected chi connectivity index (χ4v) is 4.26. The smallest absolute Gasteiger partial charge is 0.0178 e. The van der Waals surface area contributed by atoms with Gasteiger partial charge in [-0.15, -0.1) is 0 Å². The number of benzene rings is 1. The minimum absolute atomic E-state index is 0.603. The molecule has 0 aromatic heterocycles. The second kappa shape index (κ2) is 4.74. The van der Waals surface area contributed by atoms with Gasteiger partial charge in [-0.05, 0) is 48.9 Å². The number of rotatable bonds is 1. The van der Waals surface area contributed by atoms with E-state index in [-0.39, 0.29) is 0 Å². The molecule has 92 valence electrons. The second-order valence-electron chi connectivity index (χ2n) is 5.63. The summed E-state index contributed by atoms with van der Waals surface area (Å²) in [6, 6.07) is 8.93. The highest BCUT2D eigenvalue weighted by molar-refractivity contribution is 9.10. The molecule has 2 aliphatic rings. The lowest BCUT2D eigenvalue weighted by atomic mass is 9.67. The molecule has 1 spiro atoms. The molecular weight excluding hydrogens is 274 g/mol. The van der Waals surface area contributed by atoms with Crippen LogP contribution in [0.2, 0.25) is 0 Å². The van der Waals surface area contributed by atoms with E-state index in [1.165, 1.54) is 48.7 Å². The molecule has 1 nitrogen and oxygen atoms in total. The van der Waals surface area contributed by atoms with Crippen molar-refractivity contribution in [2.45, 2.75) is 38.0 Å². The van der Waals surface area contributed by atoms with Crippen LogP contribution >= 0.6 is 15.9 Å². The van der Waals surface area contributed by atoms with Crippen molar-refractivity contribution in [1.82, 2.24) is 5.32 Å². The minimum Gasteiger partial charge on any atom is -0.316 e. The van der Waals surface area contributed by atoms with E-state index >= 15 is 0 Å². The van der Waals surface area contributed by atoms with Gasteiger partial charge in [-0.3, -0.25) is 0 Å². The van der Waals surface area contributed by atoms with Crippen molar-refractivity contribution in [3.8, 4) is 0 Å². The molecule has 0 amide bonds. The van der Waals surface area contributed by atoms with Crippen LogP contribution in [0.3, 0.4) is 0 Å². The van der Waals surface area contributed by atoms with Crippen LogP contribution in [0.4, 0.5) is 0 Å². The molecule has 1 saturated heterocycles. The Balaban J connectivity index is 1.93. The van der Waals surface area contributed by atoms with Crippen molar-refractivity contribution in [3.63, 3.8) is 0 Å². The molecule has 1 aliphatic heterocycles. The number of hydrogen-bond donors (Lipinski definition) is 1. The van der Waals surface area contributed by atoms with E-state index < -0.39 is 0 Å². The first kappa shape index (κ1) is 11.7. The Morgan fingerprint density at radius 1 is 1.18 bits per heavy atom. The highest BCUT2D eigenvalue weighted by Crippen LogP contribution is 2.52. The molecular formula is C15H20BrN. The molecule has 1 N–H and O–H groups in total. The average Bonchev–Trinajstić information content (AvgIpc) is 2.79. The highest BCUT2D eigenvalue weighted by Gasteiger charge is 2.43. The van der Waals surface area contributed by atoms with Crippen LogP contribution in [0.25, 0.3) is 0 Å². The molecule has 2 fully saturated rings. The Hall–Kier alpha value is -0.340. The van der Waals surface area contributed by atoms with Crippen molar-refractivity contribution in [3.05, 3.63) is 34.3 Å². The molecule has 0 radical (unpaired) electrons. The standard InChI is InChI=1S/C15H20BrN/c16-13-5-3-4-12(10-13)14-11-17-9-8-15(14)6-1-2-7-15/h3-5,10,14,17H,1-2,6-9,11H2. The summed E-state index contributed by atoms with van der Waals surface area (Å²) in [4.78, 5) is 0. The van der Waals surface area contributed by atoms with Crippen molar-refractivity contribution in [1.29, 1.82) is 0 Å². The van der Waals surface area contributed by atoms with Gasteiger partial charge in [-0.2, -0.15) is 0 Å². The van der Waals surface area contributed by atoms with Crippen molar-refractivity contribution < 1.29 is 0 Å². The number of halogens is 1. The van der Waals surface area contributed by atoms with E-state index in [1.807, 2.05) is 0 Å². The maximum Gasteiger partial charge on any atom is 0.0178 e. The first-order valence-corrected chi connectivity index (χ1v) is 7.56. The maximum absolute atomic E-state index is 3.61. The van der Waals surface area contributed by atoms with E-state index in [2.05, 4.69) is 45.5 Å². The van der Waals surface area contributed by atoms with E-state index in [9.17, 15) is 0 Å². The summed E-state index contributed by atoms with van der Waals surface area (Å²) in [5.41, 5.74) is 2.12. The van der Waals surface area contributed by atoms with Crippen LogP contribution < -0.4 is 5.32 Å². The fourth-order valence-electron chi connectivity index (χ4n) is 3.85. The third kappa shape index (κ3) is 2.17. The van der Waals surface area contributed by atoms with Crippen LogP contribution in [0.1, 0.15) is 43.6 Å². The molecule has 1 unspecified atom stereocenters. The maximum atomic E-state index is 3.61. The van der Waals surface area contributed by atoms with E-state index in [0.29, 0.717) is 5.41 Å². The van der Waals surface area contributed by atoms with Gasteiger partial charge in [0.05, 0.1) is 0 Å². The van der Waals surface area contributed by atoms with Gasteiger partial charge >= 0.3 is 0 Å². The molecule has 1 atom stereocenters. The fraction of sp³-hybridized carbons (Fsp3) is 0.600. The van der Waals surface area contributed by atoms with Gasteiger partial charge in [0.2, 0.25) is 0 Å². The second-order valence-corrected chi connectivity index (χ2v) is 6.55. The van der Waals surface area contributed by atoms with Crippen LogP contribution in [0.15, 0.2) is 28.7 Å². The molecule has 3 rings (SSSR count). The summed E-state index contributed by atoms with van der Waals surface area (Å²) in [6.07, 6.45) is 7.11. The average molecular weight is 294 g/mol. The topological polar surface area (TPSA) is 12.0 Å². The summed E-state index contributed by atoms with van der Waals surface area (Å²) in [7, 11) is 0. The Kier molecular flexibility index (Phi) is 3.27. The third-order valence-electron chi connectivity index (χ3n) is 4.74. The van der Waals surface area contributed by atoms with Gasteiger partial charge in [-0.25, -0.2) is 0 Å². The van der Waals surface area contributed by atoms with Crippen molar-refractivity contribution >= 4 is 15.9 Å². The van der Waals surface area contributed by atoms with Gasteiger partial charge in [0.25, 0.3) is 0 Å². The summed E-state index contributed by atoms with van der Waals surface area (Å²) in [6.45, 7) is 2.38. The SMILES string of the molecule is Brc1cccc(C2CNCCC23CCCC3)c1. The van der Waals surface area contributed by atoms with Crippen molar-refractivity contribution in [2.24, 2.45) is 5.41 Å². The third-order valence-corrected chi connectivity index (χ3v) is 5.23. The monoisotopic (exact) mass is 293 g/mol. The predicted molar refractivity (Wildman–Crippen MR) is 75.3 cm³/mol. The van der Waals surface area contributed by atoms with Gasteiger partial charge in [-0.1, -0.05) is 40.9 Å². The normalized spacial score (nSPS) is 27.5. The Labute approximate surface area is 112 Å². The molecule has 1 saturated carbocycles. The zero-order valence-corrected chi connectivity index (χ0v) is 11.8. The zero-order chi connectivity index (χ0) is 11.7. The lowest BCUT2D eigenvalue weighted by Gasteiger charge is -2.42. The van der Waals surface area contributed by atoms with E-state index in [0.717, 1.165) is 12.5 Å². The highest BCUT2D eigenvalue weighted by atomic mass is 79.9. The van der Waals surface area contributed by atoms with E-state index in [4.69, 9.17) is 0 Å². The van der Waals surface area contributed by atoms with Crippen molar-refractivity contribution in [2.75, 3.05) is 13.1 Å². The van der Waals surface area contributed by atoms with Crippen LogP contribution in [-0.4, -0.2) is 13.1 Å². The summed E-state index contributed by atoms with van der Waals surface area (Å²) >= 11 is 3.61. The van der Waals surface area contributed by atoms with Crippen LogP contribution in [-0.2, 0) is 0 Å². The molecule has 1 heterocycles. The lowest BCUT2D eigenvalue weighted by molar-refractivity contribution is 0.170. The molecule has 1 aromatic rings. The molecule has 1 aromatic carbocycles.